The molecular formula is C21H29IN4O2. The highest BCUT2D eigenvalue weighted by atomic mass is 127. The minimum atomic E-state index is -0.437. The predicted octanol–water partition coefficient (Wildman–Crippen LogP) is 3.23. The summed E-state index contributed by atoms with van der Waals surface area (Å²) in [6.45, 7) is 7.86. The van der Waals surface area contributed by atoms with Crippen molar-refractivity contribution in [2.24, 2.45) is 10.7 Å². The third-order valence-electron chi connectivity index (χ3n) is 3.95. The lowest BCUT2D eigenvalue weighted by molar-refractivity contribution is 0.1000. The van der Waals surface area contributed by atoms with Gasteiger partial charge in [0.2, 0.25) is 5.91 Å². The number of guanidine groups is 1. The van der Waals surface area contributed by atoms with Gasteiger partial charge >= 0.3 is 0 Å². The molecule has 1 atom stereocenters. The summed E-state index contributed by atoms with van der Waals surface area (Å²) in [6.07, 6.45) is -0.0202. The van der Waals surface area contributed by atoms with Gasteiger partial charge in [-0.05, 0) is 50.1 Å². The normalized spacial score (nSPS) is 11.9. The molecular weight excluding hydrogens is 467 g/mol. The molecule has 4 N–H and O–H groups in total. The van der Waals surface area contributed by atoms with Gasteiger partial charge in [-0.15, -0.1) is 24.0 Å². The van der Waals surface area contributed by atoms with Gasteiger partial charge in [0.25, 0.3) is 0 Å². The zero-order valence-corrected chi connectivity index (χ0v) is 18.9. The number of carbonyl (C=O) groups excluding carboxylic acids is 1. The summed E-state index contributed by atoms with van der Waals surface area (Å²) in [4.78, 5) is 15.9. The summed E-state index contributed by atoms with van der Waals surface area (Å²) in [5.41, 5.74) is 7.85. The number of nitrogens with two attached hydrogens (primary N) is 1. The Morgan fingerprint density at radius 2 is 1.93 bits per heavy atom. The molecule has 2 aromatic carbocycles. The van der Waals surface area contributed by atoms with Crippen LogP contribution in [0.5, 0.6) is 5.75 Å². The lowest BCUT2D eigenvalue weighted by atomic mass is 10.1. The van der Waals surface area contributed by atoms with Crippen LogP contribution in [0.1, 0.15) is 35.3 Å². The second-order valence-corrected chi connectivity index (χ2v) is 6.33. The molecule has 0 spiro atoms. The van der Waals surface area contributed by atoms with E-state index in [4.69, 9.17) is 10.5 Å². The molecule has 152 valence electrons. The molecule has 7 heteroatoms. The Hall–Kier alpha value is -2.29. The minimum Gasteiger partial charge on any atom is -0.489 e. The average Bonchev–Trinajstić information content (AvgIpc) is 2.66. The van der Waals surface area contributed by atoms with E-state index in [9.17, 15) is 4.79 Å². The maximum Gasteiger partial charge on any atom is 0.248 e. The first-order chi connectivity index (χ1) is 13.0. The van der Waals surface area contributed by atoms with Gasteiger partial charge in [-0.25, -0.2) is 4.99 Å². The number of amides is 1. The fourth-order valence-corrected chi connectivity index (χ4v) is 2.52. The number of nitrogens with one attached hydrogen (secondary N) is 2. The second kappa shape index (κ2) is 12.2. The first kappa shape index (κ1) is 23.7. The summed E-state index contributed by atoms with van der Waals surface area (Å²) in [5.74, 6) is 1.15. The molecule has 2 aromatic rings. The smallest absolute Gasteiger partial charge is 0.248 e. The van der Waals surface area contributed by atoms with E-state index < -0.39 is 5.91 Å². The van der Waals surface area contributed by atoms with Crippen LogP contribution in [0.15, 0.2) is 53.5 Å². The predicted molar refractivity (Wildman–Crippen MR) is 124 cm³/mol. The Morgan fingerprint density at radius 3 is 2.61 bits per heavy atom. The van der Waals surface area contributed by atoms with Crippen molar-refractivity contribution in [3.05, 3.63) is 65.2 Å². The van der Waals surface area contributed by atoms with E-state index in [0.29, 0.717) is 24.6 Å². The molecule has 0 saturated heterocycles. The fourth-order valence-electron chi connectivity index (χ4n) is 2.52. The van der Waals surface area contributed by atoms with Crippen molar-refractivity contribution in [2.45, 2.75) is 33.4 Å². The topological polar surface area (TPSA) is 88.7 Å². The van der Waals surface area contributed by atoms with Gasteiger partial charge in [0.15, 0.2) is 5.96 Å². The maximum atomic E-state index is 11.3. The van der Waals surface area contributed by atoms with Crippen molar-refractivity contribution in [1.82, 2.24) is 10.6 Å². The second-order valence-electron chi connectivity index (χ2n) is 6.33. The van der Waals surface area contributed by atoms with Crippen LogP contribution in [0.2, 0.25) is 0 Å². The summed E-state index contributed by atoms with van der Waals surface area (Å²) >= 11 is 0. The number of para-hydroxylation sites is 1. The third-order valence-corrected chi connectivity index (χ3v) is 3.95. The molecule has 0 saturated carbocycles. The quantitative estimate of drug-likeness (QED) is 0.298. The van der Waals surface area contributed by atoms with Gasteiger partial charge in [0, 0.05) is 12.1 Å². The lowest BCUT2D eigenvalue weighted by Gasteiger charge is -2.18. The van der Waals surface area contributed by atoms with Crippen LogP contribution < -0.4 is 21.1 Å². The molecule has 0 aliphatic heterocycles. The molecule has 2 rings (SSSR count). The molecule has 28 heavy (non-hydrogen) atoms. The Balaban J connectivity index is 0.00000392. The van der Waals surface area contributed by atoms with Crippen LogP contribution in [0.25, 0.3) is 0 Å². The molecule has 0 radical (unpaired) electrons. The number of aliphatic imine (C=N–C) groups is 1. The number of nitrogens with zero attached hydrogens (tertiary/aromatic N) is 1. The van der Waals surface area contributed by atoms with Crippen molar-refractivity contribution in [3.8, 4) is 5.75 Å². The SMILES string of the molecule is CCNC(=NCc1cccc(C(N)=O)c1)NCC(C)Oc1ccccc1C.I. The van der Waals surface area contributed by atoms with E-state index in [0.717, 1.165) is 23.4 Å². The van der Waals surface area contributed by atoms with Gasteiger partial charge in [-0.3, -0.25) is 4.79 Å². The highest BCUT2D eigenvalue weighted by Crippen LogP contribution is 2.17. The summed E-state index contributed by atoms with van der Waals surface area (Å²) in [7, 11) is 0. The van der Waals surface area contributed by atoms with Crippen LogP contribution >= 0.6 is 24.0 Å². The van der Waals surface area contributed by atoms with Gasteiger partial charge in [0.05, 0.1) is 13.1 Å². The van der Waals surface area contributed by atoms with Gasteiger partial charge in [0.1, 0.15) is 11.9 Å². The first-order valence-corrected chi connectivity index (χ1v) is 9.12. The molecule has 0 aromatic heterocycles. The Labute approximate surface area is 184 Å². The Kier molecular flexibility index (Phi) is 10.4. The number of halogens is 1. The van der Waals surface area contributed by atoms with E-state index in [1.165, 1.54) is 0 Å². The molecule has 0 aliphatic carbocycles. The maximum absolute atomic E-state index is 11.3. The van der Waals surface area contributed by atoms with E-state index in [2.05, 4.69) is 15.6 Å². The van der Waals surface area contributed by atoms with E-state index in [1.54, 1.807) is 12.1 Å². The van der Waals surface area contributed by atoms with Crippen molar-refractivity contribution >= 4 is 35.8 Å². The van der Waals surface area contributed by atoms with Crippen molar-refractivity contribution in [3.63, 3.8) is 0 Å². The summed E-state index contributed by atoms with van der Waals surface area (Å²) in [5, 5.41) is 6.50. The number of aryl methyl sites for hydroxylation is 1. The van der Waals surface area contributed by atoms with Gasteiger partial charge in [-0.2, -0.15) is 0 Å². The van der Waals surface area contributed by atoms with Crippen LogP contribution in [0, 0.1) is 6.92 Å². The number of carbonyl (C=O) groups is 1. The Bertz CT molecular complexity index is 795. The van der Waals surface area contributed by atoms with E-state index in [1.807, 2.05) is 57.2 Å². The lowest BCUT2D eigenvalue weighted by Crippen LogP contribution is -2.41. The van der Waals surface area contributed by atoms with Crippen LogP contribution in [-0.4, -0.2) is 31.1 Å². The first-order valence-electron chi connectivity index (χ1n) is 9.12. The molecule has 1 unspecified atom stereocenters. The van der Waals surface area contributed by atoms with Gasteiger partial charge < -0.3 is 21.1 Å². The molecule has 0 bridgehead atoms. The molecule has 0 heterocycles. The molecule has 0 aliphatic rings. The molecule has 0 fully saturated rings. The van der Waals surface area contributed by atoms with Crippen LogP contribution in [0.3, 0.4) is 0 Å². The highest BCUT2D eigenvalue weighted by molar-refractivity contribution is 14.0. The number of benzene rings is 2. The van der Waals surface area contributed by atoms with Gasteiger partial charge in [-0.1, -0.05) is 30.3 Å². The van der Waals surface area contributed by atoms with Crippen LogP contribution in [-0.2, 0) is 6.54 Å². The molecule has 1 amide bonds. The van der Waals surface area contributed by atoms with Crippen molar-refractivity contribution < 1.29 is 9.53 Å². The standard InChI is InChI=1S/C21H28N4O2.HI/c1-4-23-21(25-14-17-9-7-10-18(12-17)20(22)26)24-13-16(3)27-19-11-6-5-8-15(19)2;/h5-12,16H,4,13-14H2,1-3H3,(H2,22,26)(H2,23,24,25);1H. The number of primary amides is 1. The van der Waals surface area contributed by atoms with Crippen LogP contribution in [0.4, 0.5) is 0 Å². The minimum absolute atomic E-state index is 0. The fraction of sp³-hybridized carbons (Fsp3) is 0.333. The zero-order chi connectivity index (χ0) is 19.6. The largest absolute Gasteiger partial charge is 0.489 e. The average molecular weight is 496 g/mol. The zero-order valence-electron chi connectivity index (χ0n) is 16.6. The number of rotatable bonds is 8. The monoisotopic (exact) mass is 496 g/mol. The van der Waals surface area contributed by atoms with E-state index in [-0.39, 0.29) is 30.1 Å². The number of ether oxygens (including phenoxy) is 1. The number of hydrogen-bond donors (Lipinski definition) is 3. The summed E-state index contributed by atoms with van der Waals surface area (Å²) < 4.78 is 5.98. The highest BCUT2D eigenvalue weighted by Gasteiger charge is 2.07. The summed E-state index contributed by atoms with van der Waals surface area (Å²) in [6, 6.07) is 15.1. The van der Waals surface area contributed by atoms with E-state index >= 15 is 0 Å². The van der Waals surface area contributed by atoms with Crippen molar-refractivity contribution in [1.29, 1.82) is 0 Å². The van der Waals surface area contributed by atoms with Crippen molar-refractivity contribution in [2.75, 3.05) is 13.1 Å². The third kappa shape index (κ3) is 7.75. The Morgan fingerprint density at radius 1 is 1.18 bits per heavy atom. The molecule has 6 nitrogen and oxygen atoms in total. The number of hydrogen-bond acceptors (Lipinski definition) is 3.